The Morgan fingerprint density at radius 2 is 2.12 bits per heavy atom. The molecule has 1 fully saturated rings. The van der Waals surface area contributed by atoms with E-state index in [-0.39, 0.29) is 0 Å². The highest BCUT2D eigenvalue weighted by Crippen LogP contribution is 2.20. The zero-order valence-electron chi connectivity index (χ0n) is 10.1. The van der Waals surface area contributed by atoms with Crippen LogP contribution in [0.15, 0.2) is 24.3 Å². The molecule has 1 aromatic rings. The molecule has 1 aliphatic heterocycles. The molecule has 0 amide bonds. The van der Waals surface area contributed by atoms with Gasteiger partial charge in [-0.15, -0.1) is 0 Å². The number of hydrogen-bond acceptors (Lipinski definition) is 3. The number of methoxy groups -OCH3 is 1. The Morgan fingerprint density at radius 1 is 1.38 bits per heavy atom. The van der Waals surface area contributed by atoms with E-state index in [1.54, 1.807) is 7.11 Å². The lowest BCUT2D eigenvalue weighted by Gasteiger charge is -2.33. The summed E-state index contributed by atoms with van der Waals surface area (Å²) in [7, 11) is 1.70. The van der Waals surface area contributed by atoms with Crippen molar-refractivity contribution in [1.82, 2.24) is 10.2 Å². The molecule has 0 spiro atoms. The molecule has 3 heteroatoms. The Bertz CT molecular complexity index is 323. The second-order valence-electron chi connectivity index (χ2n) is 4.17. The minimum Gasteiger partial charge on any atom is -0.497 e. The fraction of sp³-hybridized carbons (Fsp3) is 0.538. The number of nitrogens with one attached hydrogen (secondary N) is 1. The summed E-state index contributed by atoms with van der Waals surface area (Å²) in [5.74, 6) is 0.923. The van der Waals surface area contributed by atoms with Gasteiger partial charge in [0.05, 0.1) is 7.11 Å². The van der Waals surface area contributed by atoms with Crippen LogP contribution in [0.1, 0.15) is 18.5 Å². The van der Waals surface area contributed by atoms with Crippen molar-refractivity contribution in [2.45, 2.75) is 13.0 Å². The summed E-state index contributed by atoms with van der Waals surface area (Å²) < 4.78 is 5.17. The van der Waals surface area contributed by atoms with E-state index in [0.717, 1.165) is 31.9 Å². The standard InChI is InChI=1S/C13H20N2O/c1-3-15-9-8-14-13(10-15)11-4-6-12(16-2)7-5-11/h4-7,13-14H,3,8-10H2,1-2H3. The number of piperazine rings is 1. The highest BCUT2D eigenvalue weighted by atomic mass is 16.5. The highest BCUT2D eigenvalue weighted by Gasteiger charge is 2.19. The van der Waals surface area contributed by atoms with Gasteiger partial charge in [-0.2, -0.15) is 0 Å². The van der Waals surface area contributed by atoms with Crippen LogP contribution < -0.4 is 10.1 Å². The number of hydrogen-bond donors (Lipinski definition) is 1. The van der Waals surface area contributed by atoms with E-state index in [2.05, 4.69) is 29.3 Å². The van der Waals surface area contributed by atoms with Gasteiger partial charge in [-0.05, 0) is 24.2 Å². The van der Waals surface area contributed by atoms with Crippen molar-refractivity contribution < 1.29 is 4.74 Å². The van der Waals surface area contributed by atoms with Gasteiger partial charge in [0.25, 0.3) is 0 Å². The van der Waals surface area contributed by atoms with Crippen molar-refractivity contribution in [3.8, 4) is 5.75 Å². The van der Waals surface area contributed by atoms with Crippen molar-refractivity contribution in [2.75, 3.05) is 33.3 Å². The highest BCUT2D eigenvalue weighted by molar-refractivity contribution is 5.29. The number of benzene rings is 1. The summed E-state index contributed by atoms with van der Waals surface area (Å²) >= 11 is 0. The van der Waals surface area contributed by atoms with Crippen molar-refractivity contribution in [3.05, 3.63) is 29.8 Å². The van der Waals surface area contributed by atoms with E-state index in [1.165, 1.54) is 5.56 Å². The van der Waals surface area contributed by atoms with Crippen LogP contribution in [-0.4, -0.2) is 38.2 Å². The Morgan fingerprint density at radius 3 is 2.75 bits per heavy atom. The minimum absolute atomic E-state index is 0.458. The molecule has 1 unspecified atom stereocenters. The fourth-order valence-electron chi connectivity index (χ4n) is 2.16. The van der Waals surface area contributed by atoms with Gasteiger partial charge >= 0.3 is 0 Å². The van der Waals surface area contributed by atoms with E-state index in [0.29, 0.717) is 6.04 Å². The van der Waals surface area contributed by atoms with Gasteiger partial charge in [0.15, 0.2) is 0 Å². The molecule has 1 aliphatic rings. The van der Waals surface area contributed by atoms with E-state index < -0.39 is 0 Å². The zero-order valence-corrected chi connectivity index (χ0v) is 10.1. The third-order valence-corrected chi connectivity index (χ3v) is 3.22. The van der Waals surface area contributed by atoms with E-state index in [4.69, 9.17) is 4.74 Å². The lowest BCUT2D eigenvalue weighted by molar-refractivity contribution is 0.210. The quantitative estimate of drug-likeness (QED) is 0.838. The van der Waals surface area contributed by atoms with Gasteiger partial charge in [-0.3, -0.25) is 0 Å². The molecule has 0 aliphatic carbocycles. The van der Waals surface area contributed by atoms with Crippen LogP contribution in [0.5, 0.6) is 5.75 Å². The van der Waals surface area contributed by atoms with Gasteiger partial charge in [0.2, 0.25) is 0 Å². The molecule has 1 N–H and O–H groups in total. The maximum Gasteiger partial charge on any atom is 0.118 e. The first-order valence-corrected chi connectivity index (χ1v) is 5.93. The molecule has 0 saturated carbocycles. The molecule has 1 aromatic carbocycles. The average Bonchev–Trinajstić information content (AvgIpc) is 2.39. The Labute approximate surface area is 97.4 Å². The van der Waals surface area contributed by atoms with E-state index in [1.807, 2.05) is 12.1 Å². The summed E-state index contributed by atoms with van der Waals surface area (Å²) in [4.78, 5) is 2.48. The molecule has 1 heterocycles. The van der Waals surface area contributed by atoms with Crippen molar-refractivity contribution in [1.29, 1.82) is 0 Å². The second kappa shape index (κ2) is 5.32. The van der Waals surface area contributed by atoms with E-state index >= 15 is 0 Å². The molecule has 1 saturated heterocycles. The lowest BCUT2D eigenvalue weighted by atomic mass is 10.0. The van der Waals surface area contributed by atoms with Crippen molar-refractivity contribution in [2.24, 2.45) is 0 Å². The zero-order chi connectivity index (χ0) is 11.4. The second-order valence-corrected chi connectivity index (χ2v) is 4.17. The lowest BCUT2D eigenvalue weighted by Crippen LogP contribution is -2.45. The SMILES string of the molecule is CCN1CCNC(c2ccc(OC)cc2)C1. The molecular formula is C13H20N2O. The summed E-state index contributed by atoms with van der Waals surface area (Å²) in [5, 5.41) is 3.55. The number of likely N-dealkylation sites (N-methyl/N-ethyl adjacent to an activating group) is 1. The largest absolute Gasteiger partial charge is 0.497 e. The van der Waals surface area contributed by atoms with Crippen LogP contribution >= 0.6 is 0 Å². The predicted molar refractivity (Wildman–Crippen MR) is 65.9 cm³/mol. The molecule has 16 heavy (non-hydrogen) atoms. The smallest absolute Gasteiger partial charge is 0.118 e. The Hall–Kier alpha value is -1.06. The van der Waals surface area contributed by atoms with Gasteiger partial charge < -0.3 is 15.0 Å². The van der Waals surface area contributed by atoms with Crippen LogP contribution in [0.4, 0.5) is 0 Å². The molecule has 2 rings (SSSR count). The summed E-state index contributed by atoms with van der Waals surface area (Å²) in [6.45, 7) is 6.68. The average molecular weight is 220 g/mol. The van der Waals surface area contributed by atoms with Crippen LogP contribution in [0.3, 0.4) is 0 Å². The van der Waals surface area contributed by atoms with Crippen LogP contribution in [0.25, 0.3) is 0 Å². The molecule has 3 nitrogen and oxygen atoms in total. The van der Waals surface area contributed by atoms with Gasteiger partial charge in [-0.1, -0.05) is 19.1 Å². The molecular weight excluding hydrogens is 200 g/mol. The monoisotopic (exact) mass is 220 g/mol. The van der Waals surface area contributed by atoms with Crippen LogP contribution in [0.2, 0.25) is 0 Å². The predicted octanol–water partition coefficient (Wildman–Crippen LogP) is 1.66. The molecule has 0 radical (unpaired) electrons. The fourth-order valence-corrected chi connectivity index (χ4v) is 2.16. The van der Waals surface area contributed by atoms with Crippen LogP contribution in [0, 0.1) is 0 Å². The summed E-state index contributed by atoms with van der Waals surface area (Å²) in [6.07, 6.45) is 0. The molecule has 0 bridgehead atoms. The van der Waals surface area contributed by atoms with Gasteiger partial charge in [0, 0.05) is 25.7 Å². The topological polar surface area (TPSA) is 24.5 Å². The number of nitrogens with zero attached hydrogens (tertiary/aromatic N) is 1. The summed E-state index contributed by atoms with van der Waals surface area (Å²) in [6, 6.07) is 8.81. The molecule has 0 aromatic heterocycles. The third-order valence-electron chi connectivity index (χ3n) is 3.22. The first-order valence-electron chi connectivity index (χ1n) is 5.93. The van der Waals surface area contributed by atoms with Crippen molar-refractivity contribution >= 4 is 0 Å². The first-order chi connectivity index (χ1) is 7.83. The maximum atomic E-state index is 5.17. The normalized spacial score (nSPS) is 22.0. The Kier molecular flexibility index (Phi) is 3.80. The van der Waals surface area contributed by atoms with Crippen LogP contribution in [-0.2, 0) is 0 Å². The third kappa shape index (κ3) is 2.54. The Balaban J connectivity index is 2.05. The van der Waals surface area contributed by atoms with Crippen molar-refractivity contribution in [3.63, 3.8) is 0 Å². The van der Waals surface area contributed by atoms with Gasteiger partial charge in [-0.25, -0.2) is 0 Å². The van der Waals surface area contributed by atoms with E-state index in [9.17, 15) is 0 Å². The molecule has 88 valence electrons. The first kappa shape index (κ1) is 11.4. The maximum absolute atomic E-state index is 5.17. The number of rotatable bonds is 3. The van der Waals surface area contributed by atoms with Gasteiger partial charge in [0.1, 0.15) is 5.75 Å². The minimum atomic E-state index is 0.458. The number of ether oxygens (including phenoxy) is 1. The summed E-state index contributed by atoms with van der Waals surface area (Å²) in [5.41, 5.74) is 1.35. The molecule has 1 atom stereocenters.